The molecule has 2 N–H and O–H groups in total. The summed E-state index contributed by atoms with van der Waals surface area (Å²) in [5.41, 5.74) is 3.34. The SMILES string of the molecule is CCc1cccc(C)c1NC(=O)CSc1nnc(CNC(=O)c2ccc(F)cc2)n1C. The highest BCUT2D eigenvalue weighted by Crippen LogP contribution is 2.22. The van der Waals surface area contributed by atoms with E-state index >= 15 is 0 Å². The van der Waals surface area contributed by atoms with Gasteiger partial charge >= 0.3 is 0 Å². The number of hydrogen-bond donors (Lipinski definition) is 2. The zero-order valence-electron chi connectivity index (χ0n) is 17.6. The third kappa shape index (κ3) is 5.69. The van der Waals surface area contributed by atoms with E-state index < -0.39 is 5.82 Å². The number of aromatic nitrogens is 3. The van der Waals surface area contributed by atoms with Gasteiger partial charge in [-0.3, -0.25) is 9.59 Å². The van der Waals surface area contributed by atoms with E-state index in [1.165, 1.54) is 36.0 Å². The van der Waals surface area contributed by atoms with Gasteiger partial charge < -0.3 is 15.2 Å². The van der Waals surface area contributed by atoms with Crippen LogP contribution in [-0.2, 0) is 24.8 Å². The van der Waals surface area contributed by atoms with Crippen LogP contribution < -0.4 is 10.6 Å². The molecule has 0 aliphatic heterocycles. The lowest BCUT2D eigenvalue weighted by molar-refractivity contribution is -0.113. The molecule has 0 bridgehead atoms. The highest BCUT2D eigenvalue weighted by molar-refractivity contribution is 7.99. The average Bonchev–Trinajstić information content (AvgIpc) is 3.11. The van der Waals surface area contributed by atoms with Crippen molar-refractivity contribution < 1.29 is 14.0 Å². The van der Waals surface area contributed by atoms with Gasteiger partial charge in [0.1, 0.15) is 5.82 Å². The van der Waals surface area contributed by atoms with Crippen LogP contribution in [-0.4, -0.2) is 32.3 Å². The second-order valence-electron chi connectivity index (χ2n) is 6.95. The molecule has 0 saturated carbocycles. The number of aryl methyl sites for hydroxylation is 2. The van der Waals surface area contributed by atoms with E-state index in [1.807, 2.05) is 25.1 Å². The Morgan fingerprint density at radius 1 is 1.13 bits per heavy atom. The Bertz CT molecular complexity index is 1080. The van der Waals surface area contributed by atoms with Crippen LogP contribution in [0.25, 0.3) is 0 Å². The predicted molar refractivity (Wildman–Crippen MR) is 118 cm³/mol. The van der Waals surface area contributed by atoms with Crippen molar-refractivity contribution in [2.75, 3.05) is 11.1 Å². The number of thioether (sulfide) groups is 1. The van der Waals surface area contributed by atoms with E-state index in [2.05, 4.69) is 27.8 Å². The zero-order chi connectivity index (χ0) is 22.4. The number of nitrogens with zero attached hydrogens (tertiary/aromatic N) is 3. The molecule has 9 heteroatoms. The van der Waals surface area contributed by atoms with Gasteiger partial charge in [0, 0.05) is 18.3 Å². The summed E-state index contributed by atoms with van der Waals surface area (Å²) in [5.74, 6) is -0.120. The molecular formula is C22H24FN5O2S. The maximum absolute atomic E-state index is 13.0. The first kappa shape index (κ1) is 22.5. The second-order valence-corrected chi connectivity index (χ2v) is 7.89. The Kier molecular flexibility index (Phi) is 7.41. The number of hydrogen-bond acceptors (Lipinski definition) is 5. The molecule has 162 valence electrons. The zero-order valence-corrected chi connectivity index (χ0v) is 18.4. The molecule has 0 radical (unpaired) electrons. The molecule has 1 aromatic heterocycles. The lowest BCUT2D eigenvalue weighted by Gasteiger charge is -2.12. The van der Waals surface area contributed by atoms with E-state index in [-0.39, 0.29) is 24.1 Å². The molecule has 2 aromatic carbocycles. The normalized spacial score (nSPS) is 10.7. The average molecular weight is 442 g/mol. The lowest BCUT2D eigenvalue weighted by atomic mass is 10.1. The van der Waals surface area contributed by atoms with E-state index in [4.69, 9.17) is 0 Å². The molecule has 1 heterocycles. The topological polar surface area (TPSA) is 88.9 Å². The quantitative estimate of drug-likeness (QED) is 0.523. The maximum Gasteiger partial charge on any atom is 0.251 e. The number of para-hydroxylation sites is 1. The Morgan fingerprint density at radius 3 is 2.58 bits per heavy atom. The molecular weight excluding hydrogens is 417 g/mol. The van der Waals surface area contributed by atoms with E-state index in [1.54, 1.807) is 11.6 Å². The lowest BCUT2D eigenvalue weighted by Crippen LogP contribution is -2.24. The van der Waals surface area contributed by atoms with Crippen molar-refractivity contribution in [2.45, 2.75) is 32.0 Å². The van der Waals surface area contributed by atoms with Crippen LogP contribution in [0, 0.1) is 12.7 Å². The predicted octanol–water partition coefficient (Wildman–Crippen LogP) is 3.49. The second kappa shape index (κ2) is 10.2. The molecule has 3 aromatic rings. The van der Waals surface area contributed by atoms with Crippen LogP contribution in [0.15, 0.2) is 47.6 Å². The number of rotatable bonds is 8. The van der Waals surface area contributed by atoms with E-state index in [0.29, 0.717) is 16.5 Å². The summed E-state index contributed by atoms with van der Waals surface area (Å²) >= 11 is 1.27. The van der Waals surface area contributed by atoms with Crippen molar-refractivity contribution in [1.82, 2.24) is 20.1 Å². The summed E-state index contributed by atoms with van der Waals surface area (Å²) in [7, 11) is 1.77. The fraction of sp³-hybridized carbons (Fsp3) is 0.273. The van der Waals surface area contributed by atoms with Gasteiger partial charge in [-0.2, -0.15) is 0 Å². The van der Waals surface area contributed by atoms with Crippen molar-refractivity contribution in [3.63, 3.8) is 0 Å². The summed E-state index contributed by atoms with van der Waals surface area (Å²) in [6.45, 7) is 4.18. The Labute approximate surface area is 184 Å². The minimum absolute atomic E-state index is 0.122. The minimum Gasteiger partial charge on any atom is -0.345 e. The Morgan fingerprint density at radius 2 is 1.87 bits per heavy atom. The van der Waals surface area contributed by atoms with Crippen molar-refractivity contribution in [3.8, 4) is 0 Å². The number of halogens is 1. The Hall–Kier alpha value is -3.20. The van der Waals surface area contributed by atoms with Crippen LogP contribution >= 0.6 is 11.8 Å². The molecule has 3 rings (SSSR count). The summed E-state index contributed by atoms with van der Waals surface area (Å²) in [6.07, 6.45) is 0.834. The van der Waals surface area contributed by atoms with Crippen molar-refractivity contribution in [3.05, 3.63) is 70.8 Å². The minimum atomic E-state index is -0.399. The molecule has 0 aliphatic rings. The summed E-state index contributed by atoms with van der Waals surface area (Å²) in [4.78, 5) is 24.6. The number of amides is 2. The van der Waals surface area contributed by atoms with Gasteiger partial charge in [0.2, 0.25) is 5.91 Å². The van der Waals surface area contributed by atoms with Gasteiger partial charge in [-0.25, -0.2) is 4.39 Å². The first-order valence-electron chi connectivity index (χ1n) is 9.82. The molecule has 7 nitrogen and oxygen atoms in total. The maximum atomic E-state index is 13.0. The van der Waals surface area contributed by atoms with Gasteiger partial charge in [-0.15, -0.1) is 10.2 Å². The van der Waals surface area contributed by atoms with Crippen LogP contribution in [0.1, 0.15) is 34.2 Å². The van der Waals surface area contributed by atoms with Crippen LogP contribution in [0.5, 0.6) is 0 Å². The number of nitrogens with one attached hydrogen (secondary N) is 2. The summed E-state index contributed by atoms with van der Waals surface area (Å²) in [5, 5.41) is 14.5. The molecule has 0 aliphatic carbocycles. The Balaban J connectivity index is 1.55. The van der Waals surface area contributed by atoms with Gasteiger partial charge in [0.25, 0.3) is 5.91 Å². The number of carbonyl (C=O) groups excluding carboxylic acids is 2. The molecule has 0 unspecified atom stereocenters. The molecule has 0 atom stereocenters. The van der Waals surface area contributed by atoms with Crippen molar-refractivity contribution in [1.29, 1.82) is 0 Å². The monoisotopic (exact) mass is 441 g/mol. The molecule has 31 heavy (non-hydrogen) atoms. The fourth-order valence-electron chi connectivity index (χ4n) is 2.99. The first-order chi connectivity index (χ1) is 14.9. The van der Waals surface area contributed by atoms with E-state index in [9.17, 15) is 14.0 Å². The summed E-state index contributed by atoms with van der Waals surface area (Å²) in [6, 6.07) is 11.3. The smallest absolute Gasteiger partial charge is 0.251 e. The molecule has 0 saturated heterocycles. The first-order valence-corrected chi connectivity index (χ1v) is 10.8. The van der Waals surface area contributed by atoms with Gasteiger partial charge in [-0.05, 0) is 48.7 Å². The molecule has 2 amide bonds. The largest absolute Gasteiger partial charge is 0.345 e. The van der Waals surface area contributed by atoms with Gasteiger partial charge in [0.15, 0.2) is 11.0 Å². The molecule has 0 fully saturated rings. The third-order valence-electron chi connectivity index (χ3n) is 4.78. The highest BCUT2D eigenvalue weighted by Gasteiger charge is 2.14. The number of carbonyl (C=O) groups is 2. The van der Waals surface area contributed by atoms with E-state index in [0.717, 1.165) is 23.2 Å². The molecule has 0 spiro atoms. The summed E-state index contributed by atoms with van der Waals surface area (Å²) < 4.78 is 14.7. The number of anilines is 1. The van der Waals surface area contributed by atoms with Crippen LogP contribution in [0.4, 0.5) is 10.1 Å². The van der Waals surface area contributed by atoms with Gasteiger partial charge in [0.05, 0.1) is 12.3 Å². The third-order valence-corrected chi connectivity index (χ3v) is 5.80. The standard InChI is InChI=1S/C22H24FN5O2S/c1-4-15-7-5-6-14(2)20(15)25-19(29)13-31-22-27-26-18(28(22)3)12-24-21(30)16-8-10-17(23)11-9-16/h5-11H,4,12-13H2,1-3H3,(H,24,30)(H,25,29). The van der Waals surface area contributed by atoms with Crippen molar-refractivity contribution >= 4 is 29.3 Å². The van der Waals surface area contributed by atoms with Crippen LogP contribution in [0.3, 0.4) is 0 Å². The fourth-order valence-corrected chi connectivity index (χ4v) is 3.72. The van der Waals surface area contributed by atoms with Crippen molar-refractivity contribution in [2.24, 2.45) is 7.05 Å². The van der Waals surface area contributed by atoms with Crippen LogP contribution in [0.2, 0.25) is 0 Å². The highest BCUT2D eigenvalue weighted by atomic mass is 32.2. The number of benzene rings is 2. The van der Waals surface area contributed by atoms with Gasteiger partial charge in [-0.1, -0.05) is 36.9 Å².